The number of fused-ring (bicyclic) bond motifs is 1. The molecule has 3 rings (SSSR count). The third-order valence-corrected chi connectivity index (χ3v) is 7.22. The highest BCUT2D eigenvalue weighted by Gasteiger charge is 2.43. The number of pyridine rings is 1. The van der Waals surface area contributed by atoms with Gasteiger partial charge in [0.1, 0.15) is 0 Å². The van der Waals surface area contributed by atoms with Gasteiger partial charge in [0.05, 0.1) is 24.5 Å². The van der Waals surface area contributed by atoms with Gasteiger partial charge in [-0.25, -0.2) is 8.42 Å². The van der Waals surface area contributed by atoms with E-state index in [2.05, 4.69) is 10.3 Å². The normalized spacial score (nSPS) is 26.9. The zero-order valence-corrected chi connectivity index (χ0v) is 16.0. The van der Waals surface area contributed by atoms with Gasteiger partial charge >= 0.3 is 0 Å². The Hall–Kier alpha value is -1.51. The number of carbonyl (C=O) groups is 1. The van der Waals surface area contributed by atoms with Crippen molar-refractivity contribution in [3.8, 4) is 0 Å². The van der Waals surface area contributed by atoms with Crippen LogP contribution >= 0.6 is 0 Å². The molecule has 2 heterocycles. The van der Waals surface area contributed by atoms with E-state index in [0.29, 0.717) is 26.1 Å². The minimum atomic E-state index is -3.28. The van der Waals surface area contributed by atoms with Gasteiger partial charge in [-0.1, -0.05) is 0 Å². The lowest BCUT2D eigenvalue weighted by molar-refractivity contribution is -0.130. The van der Waals surface area contributed by atoms with E-state index in [1.165, 1.54) is 0 Å². The van der Waals surface area contributed by atoms with E-state index in [1.807, 2.05) is 12.1 Å². The summed E-state index contributed by atoms with van der Waals surface area (Å²) in [6.45, 7) is 3.05. The molecule has 0 aromatic carbocycles. The lowest BCUT2D eigenvalue weighted by Crippen LogP contribution is -2.57. The van der Waals surface area contributed by atoms with Gasteiger partial charge in [-0.15, -0.1) is 0 Å². The van der Waals surface area contributed by atoms with Crippen molar-refractivity contribution < 1.29 is 17.9 Å². The summed E-state index contributed by atoms with van der Waals surface area (Å²) in [5, 5.41) is 3.00. The molecule has 1 aliphatic carbocycles. The van der Waals surface area contributed by atoms with E-state index >= 15 is 0 Å². The maximum absolute atomic E-state index is 12.6. The Morgan fingerprint density at radius 2 is 2.12 bits per heavy atom. The van der Waals surface area contributed by atoms with Crippen LogP contribution in [0.15, 0.2) is 24.5 Å². The first kappa shape index (κ1) is 19.3. The maximum Gasteiger partial charge on any atom is 0.223 e. The smallest absolute Gasteiger partial charge is 0.223 e. The molecule has 0 unspecified atom stereocenters. The number of hydrogen-bond acceptors (Lipinski definition) is 5. The van der Waals surface area contributed by atoms with E-state index in [4.69, 9.17) is 4.74 Å². The minimum Gasteiger partial charge on any atom is -0.375 e. The van der Waals surface area contributed by atoms with Gasteiger partial charge in [0, 0.05) is 31.4 Å². The fourth-order valence-corrected chi connectivity index (χ4v) is 5.17. The van der Waals surface area contributed by atoms with Crippen molar-refractivity contribution in [1.29, 1.82) is 0 Å². The Labute approximate surface area is 155 Å². The van der Waals surface area contributed by atoms with Crippen LogP contribution in [-0.4, -0.2) is 61.2 Å². The average Bonchev–Trinajstić information content (AvgIpc) is 2.67. The zero-order chi connectivity index (χ0) is 18.6. The average molecular weight is 381 g/mol. The van der Waals surface area contributed by atoms with Gasteiger partial charge in [-0.2, -0.15) is 4.31 Å². The summed E-state index contributed by atoms with van der Waals surface area (Å²) < 4.78 is 32.1. The number of rotatable bonds is 6. The van der Waals surface area contributed by atoms with Crippen LogP contribution in [-0.2, 0) is 26.0 Å². The lowest BCUT2D eigenvalue weighted by Gasteiger charge is -2.44. The molecule has 0 radical (unpaired) electrons. The van der Waals surface area contributed by atoms with Gasteiger partial charge in [-0.3, -0.25) is 9.78 Å². The molecule has 0 spiro atoms. The summed E-state index contributed by atoms with van der Waals surface area (Å²) in [6, 6.07) is 3.65. The molecule has 0 bridgehead atoms. The highest BCUT2D eigenvalue weighted by molar-refractivity contribution is 7.89. The largest absolute Gasteiger partial charge is 0.375 e. The van der Waals surface area contributed by atoms with Crippen LogP contribution in [0.3, 0.4) is 0 Å². The molecule has 3 atom stereocenters. The molecule has 26 heavy (non-hydrogen) atoms. The Morgan fingerprint density at radius 3 is 2.85 bits per heavy atom. The first-order valence-corrected chi connectivity index (χ1v) is 10.9. The Morgan fingerprint density at radius 1 is 1.35 bits per heavy atom. The number of hydrogen-bond donors (Lipinski definition) is 1. The lowest BCUT2D eigenvalue weighted by atomic mass is 9.82. The highest BCUT2D eigenvalue weighted by Crippen LogP contribution is 2.33. The van der Waals surface area contributed by atoms with Crippen LogP contribution in [0.5, 0.6) is 0 Å². The molecule has 2 aliphatic rings. The number of sulfonamides is 1. The number of amides is 1. The van der Waals surface area contributed by atoms with Gasteiger partial charge in [0.2, 0.25) is 15.9 Å². The fourth-order valence-electron chi connectivity index (χ4n) is 3.85. The first-order valence-electron chi connectivity index (χ1n) is 9.29. The molecular formula is C18H27N3O4S. The molecule has 144 valence electrons. The fraction of sp³-hybridized carbons (Fsp3) is 0.667. The molecule has 1 N–H and O–H groups in total. The molecule has 1 aromatic heterocycles. The van der Waals surface area contributed by atoms with Crippen molar-refractivity contribution in [3.05, 3.63) is 30.1 Å². The Balaban J connectivity index is 1.57. The number of aromatic nitrogens is 1. The summed E-state index contributed by atoms with van der Waals surface area (Å²) in [4.78, 5) is 16.5. The van der Waals surface area contributed by atoms with Crippen molar-refractivity contribution in [2.45, 2.75) is 44.8 Å². The van der Waals surface area contributed by atoms with Gasteiger partial charge < -0.3 is 10.1 Å². The molecule has 1 amide bonds. The predicted molar refractivity (Wildman–Crippen MR) is 98.0 cm³/mol. The van der Waals surface area contributed by atoms with E-state index in [9.17, 15) is 13.2 Å². The minimum absolute atomic E-state index is 0.0110. The molecule has 1 saturated carbocycles. The summed E-state index contributed by atoms with van der Waals surface area (Å²) >= 11 is 0. The van der Waals surface area contributed by atoms with Gasteiger partial charge in [-0.05, 0) is 50.3 Å². The van der Waals surface area contributed by atoms with Crippen molar-refractivity contribution in [2.24, 2.45) is 5.92 Å². The van der Waals surface area contributed by atoms with E-state index in [1.54, 1.807) is 23.6 Å². The van der Waals surface area contributed by atoms with Crippen molar-refractivity contribution >= 4 is 15.9 Å². The number of ether oxygens (including phenoxy) is 1. The first-order chi connectivity index (χ1) is 12.5. The molecule has 8 heteroatoms. The Kier molecular flexibility index (Phi) is 6.26. The monoisotopic (exact) mass is 381 g/mol. The van der Waals surface area contributed by atoms with Crippen molar-refractivity contribution in [2.75, 3.05) is 25.4 Å². The van der Waals surface area contributed by atoms with E-state index < -0.39 is 10.0 Å². The predicted octanol–water partition coefficient (Wildman–Crippen LogP) is 0.960. The molecule has 1 aromatic rings. The number of nitrogens with one attached hydrogen (secondary N) is 1. The zero-order valence-electron chi connectivity index (χ0n) is 15.1. The molecule has 1 saturated heterocycles. The van der Waals surface area contributed by atoms with Gasteiger partial charge in [0.25, 0.3) is 0 Å². The van der Waals surface area contributed by atoms with Crippen molar-refractivity contribution in [3.63, 3.8) is 0 Å². The SMILES string of the molecule is CCS(=O)(=O)N1CCO[C@@H]2CC[C@H](C(=O)NCCc3ccncc3)C[C@H]21. The molecule has 7 nitrogen and oxygen atoms in total. The second kappa shape index (κ2) is 8.45. The maximum atomic E-state index is 12.6. The molecule has 1 aliphatic heterocycles. The molecule has 2 fully saturated rings. The quantitative estimate of drug-likeness (QED) is 0.793. The van der Waals surface area contributed by atoms with Crippen LogP contribution in [0.1, 0.15) is 31.7 Å². The van der Waals surface area contributed by atoms with Crippen LogP contribution in [0, 0.1) is 5.92 Å². The second-order valence-electron chi connectivity index (χ2n) is 6.89. The van der Waals surface area contributed by atoms with Crippen LogP contribution in [0.2, 0.25) is 0 Å². The summed E-state index contributed by atoms with van der Waals surface area (Å²) in [6.07, 6.45) is 6.14. The standard InChI is InChI=1S/C18H27N3O4S/c1-2-26(23,24)21-11-12-25-17-4-3-15(13-16(17)21)18(22)20-10-7-14-5-8-19-9-6-14/h5-6,8-9,15-17H,2-4,7,10-13H2,1H3,(H,20,22)/t15-,16+,17+/m0/s1. The summed E-state index contributed by atoms with van der Waals surface area (Å²) in [5.41, 5.74) is 1.13. The summed E-state index contributed by atoms with van der Waals surface area (Å²) in [5.74, 6) is -0.0687. The number of nitrogens with zero attached hydrogens (tertiary/aromatic N) is 2. The van der Waals surface area contributed by atoms with E-state index in [-0.39, 0.29) is 29.7 Å². The topological polar surface area (TPSA) is 88.6 Å². The highest BCUT2D eigenvalue weighted by atomic mass is 32.2. The van der Waals surface area contributed by atoms with Crippen molar-refractivity contribution in [1.82, 2.24) is 14.6 Å². The van der Waals surface area contributed by atoms with Crippen LogP contribution in [0.25, 0.3) is 0 Å². The van der Waals surface area contributed by atoms with E-state index in [0.717, 1.165) is 24.8 Å². The van der Waals surface area contributed by atoms with Crippen LogP contribution < -0.4 is 5.32 Å². The summed E-state index contributed by atoms with van der Waals surface area (Å²) in [7, 11) is -3.28. The van der Waals surface area contributed by atoms with Crippen LogP contribution in [0.4, 0.5) is 0 Å². The Bertz CT molecular complexity index is 710. The third kappa shape index (κ3) is 4.42. The molecular weight excluding hydrogens is 354 g/mol. The van der Waals surface area contributed by atoms with Gasteiger partial charge in [0.15, 0.2) is 0 Å². The second-order valence-corrected chi connectivity index (χ2v) is 9.10. The number of carbonyl (C=O) groups excluding carboxylic acids is 1. The third-order valence-electron chi connectivity index (χ3n) is 5.32. The number of morpholine rings is 1.